The zero-order valence-electron chi connectivity index (χ0n) is 15.7. The molecule has 0 fully saturated rings. The summed E-state index contributed by atoms with van der Waals surface area (Å²) in [4.78, 5) is 23.9. The van der Waals surface area contributed by atoms with Crippen LogP contribution in [0.2, 0.25) is 0 Å². The Bertz CT molecular complexity index is 951. The topological polar surface area (TPSA) is 99.2 Å². The van der Waals surface area contributed by atoms with Crippen molar-refractivity contribution in [3.8, 4) is 11.6 Å². The lowest BCUT2D eigenvalue weighted by molar-refractivity contribution is -0.120. The zero-order valence-corrected chi connectivity index (χ0v) is 16.5. The monoisotopic (exact) mass is 400 g/mol. The number of furan rings is 1. The average Bonchev–Trinajstić information content (AvgIpc) is 3.36. The fourth-order valence-electron chi connectivity index (χ4n) is 2.46. The number of thioether (sulfide) groups is 1. The van der Waals surface area contributed by atoms with Gasteiger partial charge >= 0.3 is 5.97 Å². The lowest BCUT2D eigenvalue weighted by atomic mass is 10.1. The van der Waals surface area contributed by atoms with Crippen LogP contribution < -0.4 is 5.32 Å². The second-order valence-electron chi connectivity index (χ2n) is 6.01. The summed E-state index contributed by atoms with van der Waals surface area (Å²) >= 11 is 1.32. The van der Waals surface area contributed by atoms with Crippen molar-refractivity contribution in [2.75, 3.05) is 7.11 Å². The Balaban J connectivity index is 1.56. The summed E-state index contributed by atoms with van der Waals surface area (Å²) in [6, 6.07) is 10.5. The van der Waals surface area contributed by atoms with Gasteiger partial charge in [0.2, 0.25) is 5.91 Å². The molecule has 0 spiro atoms. The van der Waals surface area contributed by atoms with Crippen LogP contribution >= 0.6 is 11.8 Å². The van der Waals surface area contributed by atoms with Crippen LogP contribution in [0.5, 0.6) is 0 Å². The van der Waals surface area contributed by atoms with Crippen molar-refractivity contribution in [2.24, 2.45) is 7.05 Å². The second-order valence-corrected chi connectivity index (χ2v) is 7.32. The van der Waals surface area contributed by atoms with Gasteiger partial charge in [-0.2, -0.15) is 0 Å². The summed E-state index contributed by atoms with van der Waals surface area (Å²) in [6.07, 6.45) is 1.57. The van der Waals surface area contributed by atoms with Gasteiger partial charge in [-0.05, 0) is 36.8 Å². The number of methoxy groups -OCH3 is 1. The van der Waals surface area contributed by atoms with E-state index in [2.05, 4.69) is 20.3 Å². The van der Waals surface area contributed by atoms with Gasteiger partial charge in [0.05, 0.1) is 24.2 Å². The Labute approximate surface area is 166 Å². The molecule has 8 nitrogen and oxygen atoms in total. The predicted octanol–water partition coefficient (Wildman–Crippen LogP) is 2.66. The van der Waals surface area contributed by atoms with Crippen LogP contribution in [0.3, 0.4) is 0 Å². The van der Waals surface area contributed by atoms with Crippen LogP contribution in [0.15, 0.2) is 52.2 Å². The Morgan fingerprint density at radius 3 is 2.64 bits per heavy atom. The molecule has 0 radical (unpaired) electrons. The van der Waals surface area contributed by atoms with Gasteiger partial charge in [-0.3, -0.25) is 4.79 Å². The summed E-state index contributed by atoms with van der Waals surface area (Å²) in [5.74, 6) is 0.711. The van der Waals surface area contributed by atoms with E-state index in [0.29, 0.717) is 28.8 Å². The molecule has 28 heavy (non-hydrogen) atoms. The number of rotatable bonds is 7. The van der Waals surface area contributed by atoms with Gasteiger partial charge in [0.15, 0.2) is 16.7 Å². The minimum absolute atomic E-state index is 0.121. The summed E-state index contributed by atoms with van der Waals surface area (Å²) in [6.45, 7) is 2.17. The first-order chi connectivity index (χ1) is 13.5. The number of nitrogens with one attached hydrogen (secondary N) is 1. The zero-order chi connectivity index (χ0) is 20.1. The number of carbonyl (C=O) groups excluding carboxylic acids is 2. The van der Waals surface area contributed by atoms with Gasteiger partial charge in [0.25, 0.3) is 0 Å². The van der Waals surface area contributed by atoms with E-state index in [-0.39, 0.29) is 11.2 Å². The average molecular weight is 400 g/mol. The van der Waals surface area contributed by atoms with E-state index < -0.39 is 5.97 Å². The summed E-state index contributed by atoms with van der Waals surface area (Å²) < 4.78 is 11.8. The summed E-state index contributed by atoms with van der Waals surface area (Å²) in [7, 11) is 3.16. The number of hydrogen-bond donors (Lipinski definition) is 1. The molecule has 3 aromatic rings. The number of hydrogen-bond acceptors (Lipinski definition) is 7. The van der Waals surface area contributed by atoms with Crippen molar-refractivity contribution in [3.63, 3.8) is 0 Å². The van der Waals surface area contributed by atoms with Gasteiger partial charge in [0, 0.05) is 13.6 Å². The molecule has 1 amide bonds. The molecule has 2 heterocycles. The van der Waals surface area contributed by atoms with Crippen LogP contribution in [-0.4, -0.2) is 39.0 Å². The van der Waals surface area contributed by atoms with Crippen LogP contribution in [0, 0.1) is 0 Å². The highest BCUT2D eigenvalue weighted by Gasteiger charge is 2.20. The van der Waals surface area contributed by atoms with Gasteiger partial charge in [0.1, 0.15) is 0 Å². The van der Waals surface area contributed by atoms with Crippen molar-refractivity contribution in [1.82, 2.24) is 20.1 Å². The lowest BCUT2D eigenvalue weighted by Crippen LogP contribution is -2.30. The number of esters is 1. The van der Waals surface area contributed by atoms with Crippen LogP contribution in [0.1, 0.15) is 22.8 Å². The summed E-state index contributed by atoms with van der Waals surface area (Å²) in [5.41, 5.74) is 1.35. The molecule has 146 valence electrons. The minimum Gasteiger partial charge on any atom is -0.465 e. The maximum atomic E-state index is 12.4. The van der Waals surface area contributed by atoms with Crippen molar-refractivity contribution < 1.29 is 18.7 Å². The van der Waals surface area contributed by atoms with Crippen LogP contribution in [0.25, 0.3) is 11.6 Å². The van der Waals surface area contributed by atoms with Crippen LogP contribution in [0.4, 0.5) is 0 Å². The molecule has 9 heteroatoms. The van der Waals surface area contributed by atoms with Gasteiger partial charge < -0.3 is 19.0 Å². The smallest absolute Gasteiger partial charge is 0.337 e. The molecular formula is C19H20N4O4S. The number of carbonyl (C=O) groups is 2. The first-order valence-corrected chi connectivity index (χ1v) is 9.42. The molecule has 1 aromatic carbocycles. The van der Waals surface area contributed by atoms with E-state index in [1.807, 2.05) is 14.0 Å². The van der Waals surface area contributed by atoms with E-state index >= 15 is 0 Å². The third-order valence-electron chi connectivity index (χ3n) is 4.07. The number of nitrogens with zero attached hydrogens (tertiary/aromatic N) is 3. The molecule has 1 unspecified atom stereocenters. The van der Waals surface area contributed by atoms with E-state index in [0.717, 1.165) is 5.56 Å². The number of benzene rings is 1. The van der Waals surface area contributed by atoms with Gasteiger partial charge in [-0.15, -0.1) is 10.2 Å². The van der Waals surface area contributed by atoms with Crippen LogP contribution in [-0.2, 0) is 23.1 Å². The first-order valence-electron chi connectivity index (χ1n) is 8.54. The molecule has 2 aromatic heterocycles. The van der Waals surface area contributed by atoms with E-state index in [4.69, 9.17) is 4.42 Å². The highest BCUT2D eigenvalue weighted by molar-refractivity contribution is 8.00. The second kappa shape index (κ2) is 8.75. The lowest BCUT2D eigenvalue weighted by Gasteiger charge is -2.12. The van der Waals surface area contributed by atoms with E-state index in [1.54, 1.807) is 47.2 Å². The molecule has 0 aliphatic heterocycles. The molecule has 0 saturated carbocycles. The number of aromatic nitrogens is 3. The standard InChI is InChI=1S/C19H20N4O4S/c1-12(28-19-22-21-16(23(19)2)15-5-4-10-27-15)17(24)20-11-13-6-8-14(9-7-13)18(25)26-3/h4-10,12H,11H2,1-3H3,(H,20,24). The van der Waals surface area contributed by atoms with E-state index in [9.17, 15) is 9.59 Å². The number of ether oxygens (including phenoxy) is 1. The molecule has 1 N–H and O–H groups in total. The summed E-state index contributed by atoms with van der Waals surface area (Å²) in [5, 5.41) is 11.4. The molecule has 1 atom stereocenters. The highest BCUT2D eigenvalue weighted by Crippen LogP contribution is 2.25. The van der Waals surface area contributed by atoms with Crippen molar-refractivity contribution >= 4 is 23.6 Å². The Hall–Kier alpha value is -3.07. The number of amides is 1. The highest BCUT2D eigenvalue weighted by atomic mass is 32.2. The molecule has 0 aliphatic carbocycles. The normalized spacial score (nSPS) is 11.8. The van der Waals surface area contributed by atoms with E-state index in [1.165, 1.54) is 18.9 Å². The maximum Gasteiger partial charge on any atom is 0.337 e. The van der Waals surface area contributed by atoms with Crippen molar-refractivity contribution in [3.05, 3.63) is 53.8 Å². The SMILES string of the molecule is COC(=O)c1ccc(CNC(=O)C(C)Sc2nnc(-c3ccco3)n2C)cc1. The quantitative estimate of drug-likeness (QED) is 0.481. The molecule has 0 bridgehead atoms. The van der Waals surface area contributed by atoms with Gasteiger partial charge in [-0.25, -0.2) is 4.79 Å². The first kappa shape index (κ1) is 19.7. The third kappa shape index (κ3) is 4.42. The van der Waals surface area contributed by atoms with Gasteiger partial charge in [-0.1, -0.05) is 23.9 Å². The van der Waals surface area contributed by atoms with Crippen molar-refractivity contribution in [1.29, 1.82) is 0 Å². The molecule has 0 aliphatic rings. The molecule has 3 rings (SSSR count). The fourth-order valence-corrected chi connectivity index (χ4v) is 3.30. The predicted molar refractivity (Wildman–Crippen MR) is 104 cm³/mol. The molecular weight excluding hydrogens is 380 g/mol. The largest absolute Gasteiger partial charge is 0.465 e. The Morgan fingerprint density at radius 1 is 1.25 bits per heavy atom. The van der Waals surface area contributed by atoms with Crippen molar-refractivity contribution in [2.45, 2.75) is 23.9 Å². The Morgan fingerprint density at radius 2 is 2.00 bits per heavy atom. The maximum absolute atomic E-state index is 12.4. The third-order valence-corrected chi connectivity index (χ3v) is 5.20. The Kier molecular flexibility index (Phi) is 6.15. The minimum atomic E-state index is -0.391. The fraction of sp³-hybridized carbons (Fsp3) is 0.263. The molecule has 0 saturated heterocycles.